The Balaban J connectivity index is 2.73. The summed E-state index contributed by atoms with van der Waals surface area (Å²) in [6.45, 7) is 12.7. The zero-order valence-corrected chi connectivity index (χ0v) is 14.6. The summed E-state index contributed by atoms with van der Waals surface area (Å²) in [5.41, 5.74) is 1.14. The molecule has 0 amide bonds. The number of hydrogen-bond acceptors (Lipinski definition) is 3. The molecule has 0 unspecified atom stereocenters. The Hall–Kier alpha value is -0.910. The summed E-state index contributed by atoms with van der Waals surface area (Å²) in [6, 6.07) is 7.31. The molecule has 120 valence electrons. The molecule has 0 spiro atoms. The van der Waals surface area contributed by atoms with Crippen LogP contribution in [0.1, 0.15) is 46.1 Å². The number of benzene rings is 1. The van der Waals surface area contributed by atoms with Gasteiger partial charge in [0.25, 0.3) is 0 Å². The van der Waals surface area contributed by atoms with Gasteiger partial charge in [-0.1, -0.05) is 39.8 Å². The molecule has 1 rings (SSSR count). The second kappa shape index (κ2) is 7.92. The Kier molecular flexibility index (Phi) is 6.84. The van der Waals surface area contributed by atoms with E-state index in [1.165, 1.54) is 0 Å². The Morgan fingerprint density at radius 3 is 2.00 bits per heavy atom. The van der Waals surface area contributed by atoms with Gasteiger partial charge < -0.3 is 0 Å². The first-order valence-corrected chi connectivity index (χ1v) is 9.13. The predicted octanol–water partition coefficient (Wildman–Crippen LogP) is 2.82. The SMILES string of the molecule is CCN(CC)[C@@H](C)CNS(=O)(=O)c1ccc(C(C)C)cc1. The quantitative estimate of drug-likeness (QED) is 0.803. The Bertz CT molecular complexity index is 520. The molecule has 0 aliphatic carbocycles. The molecule has 5 heteroatoms. The molecule has 1 aromatic carbocycles. The van der Waals surface area contributed by atoms with Gasteiger partial charge in [-0.15, -0.1) is 0 Å². The van der Waals surface area contributed by atoms with Crippen LogP contribution in [0.15, 0.2) is 29.2 Å². The standard InChI is InChI=1S/C16H28N2O2S/c1-6-18(7-2)14(5)12-17-21(19,20)16-10-8-15(9-11-16)13(3)4/h8-11,13-14,17H,6-7,12H2,1-5H3/t14-/m0/s1. The molecule has 4 nitrogen and oxygen atoms in total. The lowest BCUT2D eigenvalue weighted by Gasteiger charge is -2.26. The summed E-state index contributed by atoms with van der Waals surface area (Å²) >= 11 is 0. The molecule has 0 heterocycles. The van der Waals surface area contributed by atoms with Crippen molar-refractivity contribution in [3.05, 3.63) is 29.8 Å². The Morgan fingerprint density at radius 1 is 1.05 bits per heavy atom. The maximum Gasteiger partial charge on any atom is 0.240 e. The van der Waals surface area contributed by atoms with Gasteiger partial charge in [-0.05, 0) is 43.6 Å². The highest BCUT2D eigenvalue weighted by Crippen LogP contribution is 2.17. The maximum absolute atomic E-state index is 12.3. The molecule has 0 fully saturated rings. The van der Waals surface area contributed by atoms with Gasteiger partial charge in [0.2, 0.25) is 10.0 Å². The first-order valence-electron chi connectivity index (χ1n) is 7.65. The number of nitrogens with zero attached hydrogens (tertiary/aromatic N) is 1. The van der Waals surface area contributed by atoms with Gasteiger partial charge >= 0.3 is 0 Å². The first-order chi connectivity index (χ1) is 9.81. The van der Waals surface area contributed by atoms with E-state index in [2.05, 4.69) is 37.3 Å². The molecule has 0 aliphatic heterocycles. The van der Waals surface area contributed by atoms with Gasteiger partial charge in [-0.2, -0.15) is 0 Å². The molecular weight excluding hydrogens is 284 g/mol. The summed E-state index contributed by atoms with van der Waals surface area (Å²) in [6.07, 6.45) is 0. The van der Waals surface area contributed by atoms with Gasteiger partial charge in [-0.25, -0.2) is 13.1 Å². The minimum absolute atomic E-state index is 0.185. The molecule has 0 saturated heterocycles. The van der Waals surface area contributed by atoms with E-state index < -0.39 is 10.0 Å². The van der Waals surface area contributed by atoms with E-state index in [0.29, 0.717) is 17.4 Å². The van der Waals surface area contributed by atoms with E-state index in [0.717, 1.165) is 18.7 Å². The van der Waals surface area contributed by atoms with E-state index in [9.17, 15) is 8.42 Å². The van der Waals surface area contributed by atoms with Crippen LogP contribution >= 0.6 is 0 Å². The zero-order chi connectivity index (χ0) is 16.0. The van der Waals surface area contributed by atoms with E-state index in [4.69, 9.17) is 0 Å². The minimum atomic E-state index is -3.42. The average Bonchev–Trinajstić information content (AvgIpc) is 2.46. The third-order valence-electron chi connectivity index (χ3n) is 3.86. The summed E-state index contributed by atoms with van der Waals surface area (Å²) in [7, 11) is -3.42. The van der Waals surface area contributed by atoms with Crippen LogP contribution in [-0.2, 0) is 10.0 Å². The van der Waals surface area contributed by atoms with Crippen LogP contribution in [0.4, 0.5) is 0 Å². The van der Waals surface area contributed by atoms with Crippen molar-refractivity contribution in [1.29, 1.82) is 0 Å². The lowest BCUT2D eigenvalue weighted by Crippen LogP contribution is -2.41. The molecule has 1 aromatic rings. The van der Waals surface area contributed by atoms with Crippen molar-refractivity contribution >= 4 is 10.0 Å². The van der Waals surface area contributed by atoms with Crippen molar-refractivity contribution in [3.63, 3.8) is 0 Å². The van der Waals surface area contributed by atoms with E-state index in [1.807, 2.05) is 19.1 Å². The molecule has 0 saturated carbocycles. The van der Waals surface area contributed by atoms with E-state index >= 15 is 0 Å². The van der Waals surface area contributed by atoms with Crippen molar-refractivity contribution in [2.45, 2.75) is 51.5 Å². The highest BCUT2D eigenvalue weighted by Gasteiger charge is 2.17. The number of likely N-dealkylation sites (N-methyl/N-ethyl adjacent to an activating group) is 1. The number of sulfonamides is 1. The predicted molar refractivity (Wildman–Crippen MR) is 88.1 cm³/mol. The second-order valence-electron chi connectivity index (χ2n) is 5.65. The van der Waals surface area contributed by atoms with Crippen molar-refractivity contribution in [2.75, 3.05) is 19.6 Å². The van der Waals surface area contributed by atoms with Crippen LogP contribution < -0.4 is 4.72 Å². The van der Waals surface area contributed by atoms with E-state index in [-0.39, 0.29) is 6.04 Å². The van der Waals surface area contributed by atoms with Crippen LogP contribution in [0.2, 0.25) is 0 Å². The van der Waals surface area contributed by atoms with Crippen molar-refractivity contribution in [1.82, 2.24) is 9.62 Å². The summed E-state index contributed by atoms with van der Waals surface area (Å²) in [5.74, 6) is 0.400. The molecule has 0 aromatic heterocycles. The van der Waals surface area contributed by atoms with Crippen LogP contribution in [0.3, 0.4) is 0 Å². The van der Waals surface area contributed by atoms with Crippen LogP contribution in [-0.4, -0.2) is 39.0 Å². The van der Waals surface area contributed by atoms with Crippen LogP contribution in [0.25, 0.3) is 0 Å². The lowest BCUT2D eigenvalue weighted by atomic mass is 10.0. The summed E-state index contributed by atoms with van der Waals surface area (Å²) in [4.78, 5) is 2.56. The minimum Gasteiger partial charge on any atom is -0.300 e. The fourth-order valence-corrected chi connectivity index (χ4v) is 3.44. The molecule has 0 aliphatic rings. The van der Waals surface area contributed by atoms with Gasteiger partial charge in [0, 0.05) is 12.6 Å². The smallest absolute Gasteiger partial charge is 0.240 e. The fraction of sp³-hybridized carbons (Fsp3) is 0.625. The number of rotatable bonds is 8. The fourth-order valence-electron chi connectivity index (χ4n) is 2.32. The van der Waals surface area contributed by atoms with E-state index in [1.54, 1.807) is 12.1 Å². The van der Waals surface area contributed by atoms with Crippen molar-refractivity contribution in [2.24, 2.45) is 0 Å². The highest BCUT2D eigenvalue weighted by molar-refractivity contribution is 7.89. The van der Waals surface area contributed by atoms with Crippen molar-refractivity contribution in [3.8, 4) is 0 Å². The third-order valence-corrected chi connectivity index (χ3v) is 5.30. The molecule has 0 radical (unpaired) electrons. The number of nitrogens with one attached hydrogen (secondary N) is 1. The highest BCUT2D eigenvalue weighted by atomic mass is 32.2. The van der Waals surface area contributed by atoms with Gasteiger partial charge in [-0.3, -0.25) is 4.90 Å². The van der Waals surface area contributed by atoms with Gasteiger partial charge in [0.05, 0.1) is 4.90 Å². The first kappa shape index (κ1) is 18.1. The largest absolute Gasteiger partial charge is 0.300 e. The summed E-state index contributed by atoms with van der Waals surface area (Å²) < 4.78 is 27.3. The maximum atomic E-state index is 12.3. The summed E-state index contributed by atoms with van der Waals surface area (Å²) in [5, 5.41) is 0. The topological polar surface area (TPSA) is 49.4 Å². The third kappa shape index (κ3) is 5.09. The molecule has 21 heavy (non-hydrogen) atoms. The van der Waals surface area contributed by atoms with Crippen molar-refractivity contribution < 1.29 is 8.42 Å². The zero-order valence-electron chi connectivity index (χ0n) is 13.8. The molecule has 1 N–H and O–H groups in total. The molecule has 1 atom stereocenters. The Labute approximate surface area is 129 Å². The van der Waals surface area contributed by atoms with Gasteiger partial charge in [0.1, 0.15) is 0 Å². The lowest BCUT2D eigenvalue weighted by molar-refractivity contribution is 0.232. The van der Waals surface area contributed by atoms with Gasteiger partial charge in [0.15, 0.2) is 0 Å². The molecular formula is C16H28N2O2S. The average molecular weight is 312 g/mol. The second-order valence-corrected chi connectivity index (χ2v) is 7.41. The monoisotopic (exact) mass is 312 g/mol. The Morgan fingerprint density at radius 2 is 1.57 bits per heavy atom. The normalized spacial score (nSPS) is 13.9. The van der Waals surface area contributed by atoms with Crippen LogP contribution in [0.5, 0.6) is 0 Å². The number of hydrogen-bond donors (Lipinski definition) is 1. The van der Waals surface area contributed by atoms with Crippen LogP contribution in [0, 0.1) is 0 Å². The molecule has 0 bridgehead atoms.